The lowest BCUT2D eigenvalue weighted by molar-refractivity contribution is -0.151. The number of amides is 2. The van der Waals surface area contributed by atoms with Gasteiger partial charge < -0.3 is 20.1 Å². The average molecular weight is 292 g/mol. The van der Waals surface area contributed by atoms with Gasteiger partial charge in [-0.1, -0.05) is 0 Å². The van der Waals surface area contributed by atoms with E-state index in [0.29, 0.717) is 24.3 Å². The molecular formula is C14H16N2O5. The molecule has 1 heterocycles. The molecular weight excluding hydrogens is 276 g/mol. The van der Waals surface area contributed by atoms with E-state index in [4.69, 9.17) is 10.5 Å². The number of nitrogens with zero attached hydrogens (tertiary/aromatic N) is 1. The third kappa shape index (κ3) is 3.19. The van der Waals surface area contributed by atoms with Crippen molar-refractivity contribution in [3.63, 3.8) is 0 Å². The maximum absolute atomic E-state index is 12.5. The summed E-state index contributed by atoms with van der Waals surface area (Å²) in [6, 6.07) is 5.21. The number of rotatable bonds is 3. The smallest absolute Gasteiger partial charge is 0.331 e. The maximum Gasteiger partial charge on any atom is 0.331 e. The van der Waals surface area contributed by atoms with Crippen LogP contribution in [-0.2, 0) is 14.3 Å². The van der Waals surface area contributed by atoms with Crippen LogP contribution in [0.2, 0.25) is 0 Å². The molecule has 0 radical (unpaired) electrons. The predicted octanol–water partition coefficient (Wildman–Crippen LogP) is -0.200. The van der Waals surface area contributed by atoms with Gasteiger partial charge in [0.05, 0.1) is 20.3 Å². The van der Waals surface area contributed by atoms with Crippen molar-refractivity contribution in [2.45, 2.75) is 6.04 Å². The number of carbonyl (C=O) groups is 3. The second-order valence-corrected chi connectivity index (χ2v) is 4.55. The summed E-state index contributed by atoms with van der Waals surface area (Å²) in [5.74, 6) is -1.39. The summed E-state index contributed by atoms with van der Waals surface area (Å²) >= 11 is 0. The van der Waals surface area contributed by atoms with Crippen LogP contribution in [0.25, 0.3) is 0 Å². The second kappa shape index (κ2) is 6.36. The lowest BCUT2D eigenvalue weighted by Gasteiger charge is -2.33. The Morgan fingerprint density at radius 1 is 1.24 bits per heavy atom. The highest BCUT2D eigenvalue weighted by Gasteiger charge is 2.34. The van der Waals surface area contributed by atoms with Crippen LogP contribution in [0.1, 0.15) is 20.7 Å². The Kier molecular flexibility index (Phi) is 4.54. The van der Waals surface area contributed by atoms with Crippen LogP contribution in [0.3, 0.4) is 0 Å². The van der Waals surface area contributed by atoms with Gasteiger partial charge in [-0.05, 0) is 24.3 Å². The fourth-order valence-corrected chi connectivity index (χ4v) is 2.12. The Labute approximate surface area is 121 Å². The van der Waals surface area contributed by atoms with E-state index in [1.807, 2.05) is 0 Å². The van der Waals surface area contributed by atoms with Crippen LogP contribution in [0.4, 0.5) is 0 Å². The molecule has 1 unspecified atom stereocenters. The molecule has 1 aliphatic heterocycles. The second-order valence-electron chi connectivity index (χ2n) is 4.55. The van der Waals surface area contributed by atoms with Crippen LogP contribution < -0.4 is 5.73 Å². The standard InChI is InChI=1S/C14H16N2O5/c1-20-14(19)11-8-21-7-6-16(11)13(18)10-4-2-9(3-5-10)12(15)17/h2-5,11H,6-8H2,1H3,(H2,15,17). The van der Waals surface area contributed by atoms with E-state index in [1.165, 1.54) is 36.3 Å². The fourth-order valence-electron chi connectivity index (χ4n) is 2.12. The molecule has 0 spiro atoms. The third-order valence-corrected chi connectivity index (χ3v) is 3.28. The van der Waals surface area contributed by atoms with Crippen LogP contribution in [0.15, 0.2) is 24.3 Å². The summed E-state index contributed by atoms with van der Waals surface area (Å²) in [5.41, 5.74) is 5.84. The van der Waals surface area contributed by atoms with Gasteiger partial charge in [0, 0.05) is 17.7 Å². The minimum Gasteiger partial charge on any atom is -0.467 e. The number of nitrogens with two attached hydrogens (primary N) is 1. The molecule has 1 aromatic carbocycles. The van der Waals surface area contributed by atoms with Crippen molar-refractivity contribution in [3.8, 4) is 0 Å². The van der Waals surface area contributed by atoms with Gasteiger partial charge in [0.25, 0.3) is 5.91 Å². The van der Waals surface area contributed by atoms with E-state index >= 15 is 0 Å². The Bertz CT molecular complexity index is 555. The Balaban J connectivity index is 2.20. The van der Waals surface area contributed by atoms with E-state index in [9.17, 15) is 14.4 Å². The van der Waals surface area contributed by atoms with Gasteiger partial charge >= 0.3 is 5.97 Å². The maximum atomic E-state index is 12.5. The van der Waals surface area contributed by atoms with Crippen molar-refractivity contribution >= 4 is 17.8 Å². The monoisotopic (exact) mass is 292 g/mol. The lowest BCUT2D eigenvalue weighted by atomic mass is 10.1. The summed E-state index contributed by atoms with van der Waals surface area (Å²) in [6.45, 7) is 0.770. The summed E-state index contributed by atoms with van der Waals surface area (Å²) in [7, 11) is 1.27. The van der Waals surface area contributed by atoms with Gasteiger partial charge in [0.1, 0.15) is 0 Å². The number of esters is 1. The highest BCUT2D eigenvalue weighted by Crippen LogP contribution is 2.14. The number of ether oxygens (including phenoxy) is 2. The van der Waals surface area contributed by atoms with Gasteiger partial charge in [-0.15, -0.1) is 0 Å². The van der Waals surface area contributed by atoms with Gasteiger partial charge in [-0.25, -0.2) is 4.79 Å². The van der Waals surface area contributed by atoms with Gasteiger partial charge in [-0.3, -0.25) is 9.59 Å². The van der Waals surface area contributed by atoms with Crippen molar-refractivity contribution < 1.29 is 23.9 Å². The van der Waals surface area contributed by atoms with Gasteiger partial charge in [0.2, 0.25) is 5.91 Å². The Hall–Kier alpha value is -2.41. The lowest BCUT2D eigenvalue weighted by Crippen LogP contribution is -2.53. The molecule has 112 valence electrons. The number of primary amides is 1. The van der Waals surface area contributed by atoms with E-state index in [1.54, 1.807) is 0 Å². The van der Waals surface area contributed by atoms with Crippen LogP contribution >= 0.6 is 0 Å². The molecule has 0 aliphatic carbocycles. The zero-order valence-electron chi connectivity index (χ0n) is 11.6. The molecule has 0 saturated carbocycles. The van der Waals surface area contributed by atoms with E-state index < -0.39 is 17.9 Å². The number of methoxy groups -OCH3 is 1. The molecule has 0 aromatic heterocycles. The topological polar surface area (TPSA) is 98.9 Å². The molecule has 2 rings (SSSR count). The van der Waals surface area contributed by atoms with E-state index in [0.717, 1.165) is 0 Å². The van der Waals surface area contributed by atoms with Crippen molar-refractivity contribution in [3.05, 3.63) is 35.4 Å². The van der Waals surface area contributed by atoms with Crippen molar-refractivity contribution in [2.75, 3.05) is 26.9 Å². The summed E-state index contributed by atoms with van der Waals surface area (Å²) in [5, 5.41) is 0. The normalized spacial score (nSPS) is 18.1. The first-order chi connectivity index (χ1) is 10.0. The summed E-state index contributed by atoms with van der Waals surface area (Å²) in [6.07, 6.45) is 0. The molecule has 0 bridgehead atoms. The molecule has 1 aromatic rings. The number of benzene rings is 1. The number of hydrogen-bond donors (Lipinski definition) is 1. The van der Waals surface area contributed by atoms with Crippen LogP contribution in [0, 0.1) is 0 Å². The average Bonchev–Trinajstić information content (AvgIpc) is 2.53. The zero-order chi connectivity index (χ0) is 15.4. The number of carbonyl (C=O) groups excluding carboxylic acids is 3. The van der Waals surface area contributed by atoms with E-state index in [2.05, 4.69) is 4.74 Å². The predicted molar refractivity (Wildman–Crippen MR) is 72.6 cm³/mol. The fraction of sp³-hybridized carbons (Fsp3) is 0.357. The van der Waals surface area contributed by atoms with Gasteiger partial charge in [-0.2, -0.15) is 0 Å². The molecule has 1 fully saturated rings. The SMILES string of the molecule is COC(=O)C1COCCN1C(=O)c1ccc(C(N)=O)cc1. The highest BCUT2D eigenvalue weighted by atomic mass is 16.5. The molecule has 7 heteroatoms. The Morgan fingerprint density at radius 2 is 1.86 bits per heavy atom. The summed E-state index contributed by atoms with van der Waals surface area (Å²) < 4.78 is 9.90. The first-order valence-corrected chi connectivity index (χ1v) is 6.41. The van der Waals surface area contributed by atoms with Crippen molar-refractivity contribution in [1.29, 1.82) is 0 Å². The first kappa shape index (κ1) is 15.0. The molecule has 2 amide bonds. The largest absolute Gasteiger partial charge is 0.467 e. The Morgan fingerprint density at radius 3 is 2.43 bits per heavy atom. The minimum absolute atomic E-state index is 0.109. The highest BCUT2D eigenvalue weighted by molar-refractivity contribution is 5.98. The molecule has 2 N–H and O–H groups in total. The molecule has 1 aliphatic rings. The van der Waals surface area contributed by atoms with Crippen LogP contribution in [0.5, 0.6) is 0 Å². The zero-order valence-corrected chi connectivity index (χ0v) is 11.6. The minimum atomic E-state index is -0.757. The number of hydrogen-bond acceptors (Lipinski definition) is 5. The first-order valence-electron chi connectivity index (χ1n) is 6.41. The number of morpholine rings is 1. The van der Waals surface area contributed by atoms with Crippen molar-refractivity contribution in [1.82, 2.24) is 4.90 Å². The van der Waals surface area contributed by atoms with Crippen molar-refractivity contribution in [2.24, 2.45) is 5.73 Å². The quantitative estimate of drug-likeness (QED) is 0.778. The molecule has 21 heavy (non-hydrogen) atoms. The molecule has 1 saturated heterocycles. The third-order valence-electron chi connectivity index (χ3n) is 3.28. The van der Waals surface area contributed by atoms with E-state index in [-0.39, 0.29) is 12.5 Å². The van der Waals surface area contributed by atoms with Crippen LogP contribution in [-0.4, -0.2) is 55.6 Å². The van der Waals surface area contributed by atoms with Gasteiger partial charge in [0.15, 0.2) is 6.04 Å². The molecule has 7 nitrogen and oxygen atoms in total. The molecule has 1 atom stereocenters. The summed E-state index contributed by atoms with van der Waals surface area (Å²) in [4.78, 5) is 36.6.